The number of carbonyl (C=O) groups excluding carboxylic acids is 1. The van der Waals surface area contributed by atoms with E-state index in [1.165, 1.54) is 11.3 Å². The summed E-state index contributed by atoms with van der Waals surface area (Å²) in [5.74, 6) is 0.0949. The van der Waals surface area contributed by atoms with Gasteiger partial charge in [-0.2, -0.15) is 0 Å². The van der Waals surface area contributed by atoms with Crippen molar-refractivity contribution in [2.45, 2.75) is 0 Å². The zero-order valence-electron chi connectivity index (χ0n) is 4.91. The number of alkyl halides is 1. The van der Waals surface area contributed by atoms with Crippen molar-refractivity contribution >= 4 is 50.0 Å². The number of nitrogens with zero attached hydrogens (tertiary/aromatic N) is 1. The molecule has 0 atom stereocenters. The van der Waals surface area contributed by atoms with Gasteiger partial charge in [0.2, 0.25) is 0 Å². The van der Waals surface area contributed by atoms with E-state index in [-0.39, 0.29) is 22.8 Å². The molecule has 2 nitrogen and oxygen atoms in total. The molecule has 0 bridgehead atoms. The first-order valence-corrected chi connectivity index (χ1v) is 4.32. The number of halogens is 2. The van der Waals surface area contributed by atoms with Crippen molar-refractivity contribution in [3.63, 3.8) is 0 Å². The Balaban J connectivity index is 0.000000810. The third-order valence-corrected chi connectivity index (χ3v) is 2.15. The van der Waals surface area contributed by atoms with E-state index in [0.717, 1.165) is 0 Å². The Bertz CT molecular complexity index is 199. The van der Waals surface area contributed by atoms with Gasteiger partial charge in [0.05, 0.1) is 15.7 Å². The van der Waals surface area contributed by atoms with Crippen LogP contribution in [0.2, 0.25) is 0 Å². The molecule has 0 saturated heterocycles. The van der Waals surface area contributed by atoms with Gasteiger partial charge in [0, 0.05) is 6.20 Å². The van der Waals surface area contributed by atoms with Crippen LogP contribution in [-0.2, 0) is 0 Å². The molecule has 1 aromatic rings. The Hall–Kier alpha value is 0.260. The van der Waals surface area contributed by atoms with Gasteiger partial charge in [-0.05, 0) is 0 Å². The molecule has 1 heterocycles. The molecule has 0 saturated carbocycles. The van der Waals surface area contributed by atoms with Gasteiger partial charge < -0.3 is 0 Å². The lowest BCUT2D eigenvalue weighted by Gasteiger charge is -1.83. The van der Waals surface area contributed by atoms with Crippen LogP contribution in [0.5, 0.6) is 0 Å². The van der Waals surface area contributed by atoms with Gasteiger partial charge in [-0.1, -0.05) is 15.9 Å². The van der Waals surface area contributed by atoms with Gasteiger partial charge in [-0.15, -0.1) is 28.3 Å². The van der Waals surface area contributed by atoms with Crippen molar-refractivity contribution in [2.75, 3.05) is 5.33 Å². The fourth-order valence-corrected chi connectivity index (χ4v) is 1.47. The third-order valence-electron chi connectivity index (χ3n) is 0.829. The highest BCUT2D eigenvalue weighted by molar-refractivity contribution is 9.09. The molecular weight excluding hydrogens is 282 g/mol. The van der Waals surface area contributed by atoms with Crippen LogP contribution in [0, 0.1) is 0 Å². The SMILES string of the molecule is Br.O=C(CBr)c1cncs1. The van der Waals surface area contributed by atoms with Crippen molar-refractivity contribution in [3.8, 4) is 0 Å². The maximum absolute atomic E-state index is 10.8. The number of rotatable bonds is 2. The van der Waals surface area contributed by atoms with Crippen molar-refractivity contribution in [1.29, 1.82) is 0 Å². The van der Waals surface area contributed by atoms with E-state index in [4.69, 9.17) is 0 Å². The highest BCUT2D eigenvalue weighted by atomic mass is 79.9. The minimum Gasteiger partial charge on any atom is -0.292 e. The summed E-state index contributed by atoms with van der Waals surface area (Å²) in [5, 5.41) is 0.384. The van der Waals surface area contributed by atoms with Crippen LogP contribution >= 0.6 is 44.2 Å². The summed E-state index contributed by atoms with van der Waals surface area (Å²) in [6, 6.07) is 0. The second-order valence-corrected chi connectivity index (χ2v) is 2.87. The zero-order chi connectivity index (χ0) is 6.69. The van der Waals surface area contributed by atoms with Crippen LogP contribution in [0.4, 0.5) is 0 Å². The summed E-state index contributed by atoms with van der Waals surface area (Å²) < 4.78 is 0. The number of Topliss-reactive ketones (excluding diaryl/α,β-unsaturated/α-hetero) is 1. The molecule has 10 heavy (non-hydrogen) atoms. The Morgan fingerprint density at radius 2 is 2.50 bits per heavy atom. The first kappa shape index (κ1) is 10.3. The number of hydrogen-bond donors (Lipinski definition) is 0. The van der Waals surface area contributed by atoms with Crippen molar-refractivity contribution in [2.24, 2.45) is 0 Å². The summed E-state index contributed by atoms with van der Waals surface area (Å²) in [4.78, 5) is 15.3. The lowest BCUT2D eigenvalue weighted by atomic mass is 10.4. The molecule has 0 spiro atoms. The number of aromatic nitrogens is 1. The largest absolute Gasteiger partial charge is 0.292 e. The Morgan fingerprint density at radius 1 is 1.80 bits per heavy atom. The fraction of sp³-hybridized carbons (Fsp3) is 0.200. The fourth-order valence-electron chi connectivity index (χ4n) is 0.419. The van der Waals surface area contributed by atoms with Gasteiger partial charge in [-0.3, -0.25) is 9.78 Å². The summed E-state index contributed by atoms with van der Waals surface area (Å²) in [6.07, 6.45) is 1.58. The molecule has 1 aromatic heterocycles. The van der Waals surface area contributed by atoms with Gasteiger partial charge in [0.15, 0.2) is 5.78 Å². The normalized spacial score (nSPS) is 8.50. The molecule has 0 aromatic carbocycles. The lowest BCUT2D eigenvalue weighted by Crippen LogP contribution is -1.94. The maximum Gasteiger partial charge on any atom is 0.184 e. The van der Waals surface area contributed by atoms with Gasteiger partial charge in [0.25, 0.3) is 0 Å². The van der Waals surface area contributed by atoms with Crippen molar-refractivity contribution in [3.05, 3.63) is 16.6 Å². The van der Waals surface area contributed by atoms with Crippen LogP contribution in [0.1, 0.15) is 9.67 Å². The molecule has 0 aliphatic heterocycles. The van der Waals surface area contributed by atoms with Crippen molar-refractivity contribution in [1.82, 2.24) is 4.98 Å². The molecule has 1 rings (SSSR count). The van der Waals surface area contributed by atoms with Gasteiger partial charge in [-0.25, -0.2) is 0 Å². The van der Waals surface area contributed by atoms with E-state index in [2.05, 4.69) is 20.9 Å². The zero-order valence-corrected chi connectivity index (χ0v) is 9.03. The summed E-state index contributed by atoms with van der Waals surface area (Å²) >= 11 is 4.43. The number of carbonyl (C=O) groups is 1. The smallest absolute Gasteiger partial charge is 0.184 e. The third kappa shape index (κ3) is 2.48. The molecule has 0 N–H and O–H groups in total. The molecule has 0 fully saturated rings. The highest BCUT2D eigenvalue weighted by Gasteiger charge is 2.02. The van der Waals surface area contributed by atoms with Crippen LogP contribution in [0.25, 0.3) is 0 Å². The average Bonchev–Trinajstić information content (AvgIpc) is 2.37. The summed E-state index contributed by atoms with van der Waals surface area (Å²) in [5.41, 5.74) is 1.65. The minimum absolute atomic E-state index is 0. The Labute approximate surface area is 81.6 Å². The molecule has 56 valence electrons. The maximum atomic E-state index is 10.8. The second kappa shape index (κ2) is 4.98. The van der Waals surface area contributed by atoms with Crippen LogP contribution < -0.4 is 0 Å². The van der Waals surface area contributed by atoms with Crippen molar-refractivity contribution < 1.29 is 4.79 Å². The molecule has 0 radical (unpaired) electrons. The molecule has 0 aliphatic rings. The van der Waals surface area contributed by atoms with E-state index >= 15 is 0 Å². The predicted molar refractivity (Wildman–Crippen MR) is 50.6 cm³/mol. The minimum atomic E-state index is 0. The molecule has 0 amide bonds. The topological polar surface area (TPSA) is 30.0 Å². The first-order chi connectivity index (χ1) is 4.34. The Kier molecular flexibility index (Phi) is 5.11. The lowest BCUT2D eigenvalue weighted by molar-refractivity contribution is 0.102. The van der Waals surface area contributed by atoms with E-state index in [0.29, 0.717) is 10.2 Å². The average molecular weight is 287 g/mol. The highest BCUT2D eigenvalue weighted by Crippen LogP contribution is 2.07. The van der Waals surface area contributed by atoms with Gasteiger partial charge >= 0.3 is 0 Å². The molecule has 0 aliphatic carbocycles. The van der Waals surface area contributed by atoms with E-state index in [9.17, 15) is 4.79 Å². The second-order valence-electron chi connectivity index (χ2n) is 1.42. The van der Waals surface area contributed by atoms with E-state index in [1.54, 1.807) is 11.7 Å². The number of hydrogen-bond acceptors (Lipinski definition) is 3. The van der Waals surface area contributed by atoms with Crippen LogP contribution in [0.15, 0.2) is 11.7 Å². The van der Waals surface area contributed by atoms with E-state index < -0.39 is 0 Å². The summed E-state index contributed by atoms with van der Waals surface area (Å²) in [7, 11) is 0. The Morgan fingerprint density at radius 3 is 2.90 bits per heavy atom. The number of ketones is 1. The molecule has 5 heteroatoms. The molecule has 0 unspecified atom stereocenters. The molecular formula is C5H5Br2NOS. The van der Waals surface area contributed by atoms with Gasteiger partial charge in [0.1, 0.15) is 0 Å². The number of thiazole rings is 1. The predicted octanol–water partition coefficient (Wildman–Crippen LogP) is 2.30. The first-order valence-electron chi connectivity index (χ1n) is 2.32. The van der Waals surface area contributed by atoms with Crippen LogP contribution in [0.3, 0.4) is 0 Å². The monoisotopic (exact) mass is 285 g/mol. The van der Waals surface area contributed by atoms with Crippen LogP contribution in [-0.4, -0.2) is 16.1 Å². The summed E-state index contributed by atoms with van der Waals surface area (Å²) in [6.45, 7) is 0. The quantitative estimate of drug-likeness (QED) is 0.617. The van der Waals surface area contributed by atoms with E-state index in [1.807, 2.05) is 0 Å². The standard InChI is InChI=1S/C5H4BrNOS.BrH/c6-1-4(8)5-2-7-3-9-5;/h2-3H,1H2;1H.